The number of allylic oxidation sites excluding steroid dienone is 3. The molecule has 1 amide bonds. The van der Waals surface area contributed by atoms with Crippen molar-refractivity contribution in [1.82, 2.24) is 4.98 Å². The molecular formula is C19H19N3O3S. The first kappa shape index (κ1) is 17.9. The summed E-state index contributed by atoms with van der Waals surface area (Å²) in [6.07, 6.45) is 10.8. The summed E-state index contributed by atoms with van der Waals surface area (Å²) in [5.74, 6) is -0.208. The average molecular weight is 369 g/mol. The van der Waals surface area contributed by atoms with E-state index in [4.69, 9.17) is 5.73 Å². The number of benzene rings is 1. The number of rotatable bonds is 3. The minimum Gasteiger partial charge on any atom is -0.508 e. The number of carbonyl (C=O) groups is 1. The Morgan fingerprint density at radius 2 is 2.04 bits per heavy atom. The fraction of sp³-hybridized carbons (Fsp3) is 0.158. The fourth-order valence-corrected chi connectivity index (χ4v) is 4.05. The summed E-state index contributed by atoms with van der Waals surface area (Å²) in [6, 6.07) is 7.98. The monoisotopic (exact) mass is 369 g/mol. The molecule has 0 spiro atoms. The highest BCUT2D eigenvalue weighted by Gasteiger charge is 2.19. The lowest BCUT2D eigenvalue weighted by Crippen LogP contribution is -2.19. The number of anilines is 1. The lowest BCUT2D eigenvalue weighted by atomic mass is 10.0. The maximum absolute atomic E-state index is 12.8. The van der Waals surface area contributed by atoms with Gasteiger partial charge in [0.05, 0.1) is 20.5 Å². The quantitative estimate of drug-likeness (QED) is 0.864. The van der Waals surface area contributed by atoms with Crippen molar-refractivity contribution < 1.29 is 14.1 Å². The molecule has 0 fully saturated rings. The Balaban J connectivity index is 1.95. The number of nitrogens with two attached hydrogens (primary N) is 1. The average Bonchev–Trinajstić information content (AvgIpc) is 2.63. The van der Waals surface area contributed by atoms with Gasteiger partial charge in [-0.1, -0.05) is 36.4 Å². The van der Waals surface area contributed by atoms with E-state index in [1.54, 1.807) is 18.2 Å². The molecule has 134 valence electrons. The zero-order valence-electron chi connectivity index (χ0n) is 14.2. The van der Waals surface area contributed by atoms with Crippen LogP contribution in [0.15, 0.2) is 65.2 Å². The molecule has 26 heavy (non-hydrogen) atoms. The molecule has 7 heteroatoms. The first-order valence-electron chi connectivity index (χ1n) is 8.00. The van der Waals surface area contributed by atoms with E-state index in [0.717, 1.165) is 0 Å². The molecule has 2 atom stereocenters. The Hall–Kier alpha value is -2.93. The summed E-state index contributed by atoms with van der Waals surface area (Å²) in [5.41, 5.74) is 7.39. The van der Waals surface area contributed by atoms with Gasteiger partial charge in [-0.25, -0.2) is 9.19 Å². The topological polar surface area (TPSA) is 106 Å². The summed E-state index contributed by atoms with van der Waals surface area (Å²) in [4.78, 5) is 16.6. The van der Waals surface area contributed by atoms with Gasteiger partial charge in [-0.15, -0.1) is 0 Å². The number of amides is 1. The molecule has 3 rings (SSSR count). The lowest BCUT2D eigenvalue weighted by molar-refractivity contribution is 0.100. The van der Waals surface area contributed by atoms with Crippen molar-refractivity contribution in [3.8, 4) is 16.9 Å². The smallest absolute Gasteiger partial charge is 0.286 e. The van der Waals surface area contributed by atoms with Crippen molar-refractivity contribution in [2.75, 3.05) is 12.0 Å². The van der Waals surface area contributed by atoms with Gasteiger partial charge in [-0.2, -0.15) is 4.36 Å². The maximum atomic E-state index is 12.8. The van der Waals surface area contributed by atoms with Crippen molar-refractivity contribution in [1.29, 1.82) is 0 Å². The summed E-state index contributed by atoms with van der Waals surface area (Å²) in [7, 11) is -2.73. The Labute approximate surface area is 152 Å². The predicted octanol–water partition coefficient (Wildman–Crippen LogP) is 3.16. The first-order valence-corrected chi connectivity index (χ1v) is 9.99. The van der Waals surface area contributed by atoms with Crippen LogP contribution in [0.4, 0.5) is 5.82 Å². The molecule has 1 aliphatic carbocycles. The number of nitrogens with zero attached hydrogens (tertiary/aromatic N) is 2. The number of nitrogen functional groups attached to an aromatic ring is 1. The van der Waals surface area contributed by atoms with Gasteiger partial charge >= 0.3 is 0 Å². The van der Waals surface area contributed by atoms with Crippen molar-refractivity contribution in [3.63, 3.8) is 0 Å². The van der Waals surface area contributed by atoms with Crippen LogP contribution in [0.2, 0.25) is 0 Å². The minimum atomic E-state index is -2.73. The van der Waals surface area contributed by atoms with E-state index in [0.29, 0.717) is 17.5 Å². The molecule has 0 bridgehead atoms. The Bertz CT molecular complexity index is 1020. The van der Waals surface area contributed by atoms with E-state index in [-0.39, 0.29) is 22.4 Å². The van der Waals surface area contributed by atoms with E-state index in [1.165, 1.54) is 24.6 Å². The van der Waals surface area contributed by atoms with Crippen molar-refractivity contribution in [3.05, 3.63) is 66.4 Å². The number of phenols is 1. The second kappa shape index (κ2) is 7.13. The Kier molecular flexibility index (Phi) is 4.90. The third-order valence-electron chi connectivity index (χ3n) is 4.11. The van der Waals surface area contributed by atoms with Crippen LogP contribution < -0.4 is 5.73 Å². The summed E-state index contributed by atoms with van der Waals surface area (Å²) < 4.78 is 16.8. The van der Waals surface area contributed by atoms with Crippen LogP contribution in [-0.4, -0.2) is 31.7 Å². The van der Waals surface area contributed by atoms with Gasteiger partial charge in [0.15, 0.2) is 0 Å². The zero-order chi connectivity index (χ0) is 18.7. The number of pyridine rings is 1. The van der Waals surface area contributed by atoms with Crippen LogP contribution >= 0.6 is 0 Å². The van der Waals surface area contributed by atoms with Gasteiger partial charge in [0.1, 0.15) is 11.6 Å². The molecule has 2 aromatic rings. The Morgan fingerprint density at radius 3 is 2.69 bits per heavy atom. The first-order chi connectivity index (χ1) is 12.4. The number of aromatic nitrogens is 1. The van der Waals surface area contributed by atoms with Gasteiger partial charge in [-0.3, -0.25) is 4.79 Å². The molecule has 1 unspecified atom stereocenters. The summed E-state index contributed by atoms with van der Waals surface area (Å²) >= 11 is 0. The molecule has 0 saturated heterocycles. The number of aromatic hydroxyl groups is 1. The molecule has 0 aliphatic heterocycles. The molecule has 1 aromatic carbocycles. The molecule has 1 aromatic heterocycles. The molecule has 1 heterocycles. The second-order valence-corrected chi connectivity index (χ2v) is 8.56. The zero-order valence-corrected chi connectivity index (χ0v) is 15.0. The predicted molar refractivity (Wildman–Crippen MR) is 103 cm³/mol. The van der Waals surface area contributed by atoms with Crippen molar-refractivity contribution >= 4 is 21.5 Å². The van der Waals surface area contributed by atoms with E-state index in [2.05, 4.69) is 9.35 Å². The molecule has 6 nitrogen and oxygen atoms in total. The van der Waals surface area contributed by atoms with Crippen molar-refractivity contribution in [2.24, 2.45) is 4.36 Å². The number of hydrogen-bond acceptors (Lipinski definition) is 5. The van der Waals surface area contributed by atoms with Gasteiger partial charge in [0, 0.05) is 18.0 Å². The van der Waals surface area contributed by atoms with Gasteiger partial charge in [-0.05, 0) is 30.2 Å². The molecule has 0 saturated carbocycles. The highest BCUT2D eigenvalue weighted by atomic mass is 32.2. The lowest BCUT2D eigenvalue weighted by Gasteiger charge is -2.14. The van der Waals surface area contributed by atoms with Crippen LogP contribution in [-0.2, 0) is 9.73 Å². The Morgan fingerprint density at radius 1 is 1.31 bits per heavy atom. The molecular weight excluding hydrogens is 350 g/mol. The molecule has 1 aliphatic rings. The second-order valence-electron chi connectivity index (χ2n) is 6.05. The van der Waals surface area contributed by atoms with Crippen molar-refractivity contribution in [2.45, 2.75) is 11.7 Å². The van der Waals surface area contributed by atoms with E-state index in [1.807, 2.05) is 24.3 Å². The number of hydrogen-bond donors (Lipinski definition) is 2. The number of carbonyl (C=O) groups excluding carboxylic acids is 1. The SMILES string of the molecule is C[S@@](=O)(=NC(=O)c1cnc(N)c(-c2ccc(O)cc2)c1)C1C=CC=CC1. The van der Waals surface area contributed by atoms with Gasteiger partial charge < -0.3 is 10.8 Å². The van der Waals surface area contributed by atoms with Crippen LogP contribution in [0.25, 0.3) is 11.1 Å². The minimum absolute atomic E-state index is 0.128. The van der Waals surface area contributed by atoms with E-state index >= 15 is 0 Å². The highest BCUT2D eigenvalue weighted by Crippen LogP contribution is 2.27. The summed E-state index contributed by atoms with van der Waals surface area (Å²) in [5, 5.41) is 9.11. The maximum Gasteiger partial charge on any atom is 0.286 e. The standard InChI is InChI=1S/C19H19N3O3S/c1-26(25,16-5-3-2-4-6-16)22-19(24)14-11-17(18(20)21-12-14)13-7-9-15(23)10-8-13/h2-5,7-12,16,23H,6H2,1H3,(H2,20,21)/t16?,26-/m0/s1. The highest BCUT2D eigenvalue weighted by molar-refractivity contribution is 7.94. The fourth-order valence-electron chi connectivity index (χ4n) is 2.63. The normalized spacial score (nSPS) is 18.3. The molecule has 0 radical (unpaired) electrons. The largest absolute Gasteiger partial charge is 0.508 e. The van der Waals surface area contributed by atoms with Crippen LogP contribution in [0.1, 0.15) is 16.8 Å². The van der Waals surface area contributed by atoms with E-state index in [9.17, 15) is 14.1 Å². The third kappa shape index (κ3) is 3.83. The summed E-state index contributed by atoms with van der Waals surface area (Å²) in [6.45, 7) is 0. The van der Waals surface area contributed by atoms with Gasteiger partial charge in [0.2, 0.25) is 0 Å². The third-order valence-corrected chi connectivity index (χ3v) is 6.11. The molecule has 3 N–H and O–H groups in total. The number of phenolic OH excluding ortho intramolecular Hbond substituents is 1. The van der Waals surface area contributed by atoms with Crippen LogP contribution in [0.3, 0.4) is 0 Å². The van der Waals surface area contributed by atoms with E-state index < -0.39 is 15.6 Å². The van der Waals surface area contributed by atoms with Crippen LogP contribution in [0.5, 0.6) is 5.75 Å². The van der Waals surface area contributed by atoms with Crippen LogP contribution in [0, 0.1) is 0 Å². The van der Waals surface area contributed by atoms with Gasteiger partial charge in [0.25, 0.3) is 5.91 Å².